The van der Waals surface area contributed by atoms with E-state index in [0.717, 1.165) is 23.9 Å². The van der Waals surface area contributed by atoms with Gasteiger partial charge in [-0.1, -0.05) is 17.7 Å². The van der Waals surface area contributed by atoms with Crippen LogP contribution in [0.15, 0.2) is 30.6 Å². The van der Waals surface area contributed by atoms with E-state index >= 15 is 0 Å². The third kappa shape index (κ3) is 3.93. The molecule has 0 unspecified atom stereocenters. The Balaban J connectivity index is 2.07. The van der Waals surface area contributed by atoms with Crippen LogP contribution in [0.4, 0.5) is 17.3 Å². The molecule has 1 aromatic heterocycles. The van der Waals surface area contributed by atoms with Crippen LogP contribution in [0, 0.1) is 13.8 Å². The van der Waals surface area contributed by atoms with Gasteiger partial charge in [0.15, 0.2) is 0 Å². The Morgan fingerprint density at radius 1 is 1.10 bits per heavy atom. The van der Waals surface area contributed by atoms with Crippen molar-refractivity contribution in [3.8, 4) is 0 Å². The smallest absolute Gasteiger partial charge is 0.135 e. The molecule has 0 saturated carbocycles. The van der Waals surface area contributed by atoms with Crippen LogP contribution in [0.25, 0.3) is 0 Å². The van der Waals surface area contributed by atoms with Crippen molar-refractivity contribution in [2.75, 3.05) is 30.9 Å². The van der Waals surface area contributed by atoms with E-state index < -0.39 is 0 Å². The highest BCUT2D eigenvalue weighted by atomic mass is 16.5. The highest BCUT2D eigenvalue weighted by Crippen LogP contribution is 2.20. The van der Waals surface area contributed by atoms with E-state index in [9.17, 15) is 0 Å². The van der Waals surface area contributed by atoms with E-state index in [-0.39, 0.29) is 0 Å². The molecule has 20 heavy (non-hydrogen) atoms. The maximum atomic E-state index is 4.99. The number of hydrogen-bond donors (Lipinski definition) is 2. The highest BCUT2D eigenvalue weighted by molar-refractivity contribution is 5.62. The Hall–Kier alpha value is -2.14. The van der Waals surface area contributed by atoms with Crippen LogP contribution in [-0.4, -0.2) is 30.2 Å². The van der Waals surface area contributed by atoms with E-state index in [4.69, 9.17) is 4.74 Å². The summed E-state index contributed by atoms with van der Waals surface area (Å²) in [6.45, 7) is 5.52. The molecule has 0 spiro atoms. The summed E-state index contributed by atoms with van der Waals surface area (Å²) < 4.78 is 4.99. The van der Waals surface area contributed by atoms with Crippen LogP contribution >= 0.6 is 0 Å². The summed E-state index contributed by atoms with van der Waals surface area (Å²) in [6, 6.07) is 8.16. The summed E-state index contributed by atoms with van der Waals surface area (Å²) in [5.74, 6) is 1.55. The second-order valence-corrected chi connectivity index (χ2v) is 4.65. The monoisotopic (exact) mass is 272 g/mol. The van der Waals surface area contributed by atoms with Gasteiger partial charge in [0, 0.05) is 25.4 Å². The van der Waals surface area contributed by atoms with Gasteiger partial charge in [-0.3, -0.25) is 0 Å². The Labute approximate surface area is 119 Å². The summed E-state index contributed by atoms with van der Waals surface area (Å²) in [6.07, 6.45) is 1.54. The zero-order valence-corrected chi connectivity index (χ0v) is 12.1. The van der Waals surface area contributed by atoms with Gasteiger partial charge >= 0.3 is 0 Å². The van der Waals surface area contributed by atoms with Crippen LogP contribution in [0.5, 0.6) is 0 Å². The molecule has 2 aromatic rings. The molecule has 0 atom stereocenters. The molecule has 0 bridgehead atoms. The predicted octanol–water partition coefficient (Wildman–Crippen LogP) is 2.90. The molecule has 106 valence electrons. The van der Waals surface area contributed by atoms with E-state index in [1.165, 1.54) is 11.1 Å². The minimum atomic E-state index is 0.643. The first-order valence-corrected chi connectivity index (χ1v) is 6.58. The number of methoxy groups -OCH3 is 1. The van der Waals surface area contributed by atoms with Crippen LogP contribution in [0.1, 0.15) is 11.1 Å². The summed E-state index contributed by atoms with van der Waals surface area (Å²) in [5, 5.41) is 6.49. The third-order valence-corrected chi connectivity index (χ3v) is 2.92. The number of nitrogens with one attached hydrogen (secondary N) is 2. The minimum Gasteiger partial charge on any atom is -0.383 e. The fourth-order valence-electron chi connectivity index (χ4n) is 1.90. The lowest BCUT2D eigenvalue weighted by Crippen LogP contribution is -2.09. The van der Waals surface area contributed by atoms with Crippen molar-refractivity contribution in [2.45, 2.75) is 13.8 Å². The number of nitrogens with zero attached hydrogens (tertiary/aromatic N) is 2. The van der Waals surface area contributed by atoms with Crippen LogP contribution in [-0.2, 0) is 4.74 Å². The fraction of sp³-hybridized carbons (Fsp3) is 0.333. The lowest BCUT2D eigenvalue weighted by Gasteiger charge is -2.11. The van der Waals surface area contributed by atoms with Crippen molar-refractivity contribution in [3.63, 3.8) is 0 Å². The van der Waals surface area contributed by atoms with E-state index in [0.29, 0.717) is 6.61 Å². The van der Waals surface area contributed by atoms with E-state index in [1.807, 2.05) is 6.07 Å². The average molecular weight is 272 g/mol. The molecule has 0 fully saturated rings. The Morgan fingerprint density at radius 3 is 2.65 bits per heavy atom. The first-order chi connectivity index (χ1) is 9.69. The van der Waals surface area contributed by atoms with E-state index in [1.54, 1.807) is 13.4 Å². The summed E-state index contributed by atoms with van der Waals surface area (Å²) in [4.78, 5) is 8.40. The number of ether oxygens (including phenoxy) is 1. The normalized spacial score (nSPS) is 10.3. The molecule has 2 rings (SSSR count). The van der Waals surface area contributed by atoms with Gasteiger partial charge in [0.05, 0.1) is 6.61 Å². The number of anilines is 3. The van der Waals surface area contributed by atoms with Crippen molar-refractivity contribution in [3.05, 3.63) is 41.7 Å². The standard InChI is InChI=1S/C15H20N4O/c1-11-4-5-13(12(2)8-11)19-15-9-14(17-10-18-15)16-6-7-20-3/h4-5,8-10H,6-7H2,1-3H3,(H2,16,17,18,19). The van der Waals surface area contributed by atoms with Crippen LogP contribution < -0.4 is 10.6 Å². The number of rotatable bonds is 6. The number of hydrogen-bond acceptors (Lipinski definition) is 5. The van der Waals surface area contributed by atoms with Gasteiger partial charge in [-0.2, -0.15) is 0 Å². The summed E-state index contributed by atoms with van der Waals surface area (Å²) >= 11 is 0. The molecule has 0 aliphatic heterocycles. The highest BCUT2D eigenvalue weighted by Gasteiger charge is 2.02. The molecule has 0 radical (unpaired) electrons. The molecular formula is C15H20N4O. The summed E-state index contributed by atoms with van der Waals surface area (Å²) in [5.41, 5.74) is 3.49. The zero-order chi connectivity index (χ0) is 14.4. The second-order valence-electron chi connectivity index (χ2n) is 4.65. The maximum absolute atomic E-state index is 4.99. The molecule has 5 heteroatoms. The first kappa shape index (κ1) is 14.3. The van der Waals surface area contributed by atoms with Gasteiger partial charge in [-0.15, -0.1) is 0 Å². The fourth-order valence-corrected chi connectivity index (χ4v) is 1.90. The van der Waals surface area contributed by atoms with E-state index in [2.05, 4.69) is 52.6 Å². The summed E-state index contributed by atoms with van der Waals surface area (Å²) in [7, 11) is 1.68. The van der Waals surface area contributed by atoms with Crippen molar-refractivity contribution in [1.82, 2.24) is 9.97 Å². The molecule has 0 aliphatic rings. The van der Waals surface area contributed by atoms with Crippen LogP contribution in [0.3, 0.4) is 0 Å². The zero-order valence-electron chi connectivity index (χ0n) is 12.1. The Bertz CT molecular complexity index is 572. The maximum Gasteiger partial charge on any atom is 0.135 e. The quantitative estimate of drug-likeness (QED) is 0.792. The molecule has 1 aromatic carbocycles. The van der Waals surface area contributed by atoms with Crippen molar-refractivity contribution in [1.29, 1.82) is 0 Å². The molecular weight excluding hydrogens is 252 g/mol. The first-order valence-electron chi connectivity index (χ1n) is 6.58. The third-order valence-electron chi connectivity index (χ3n) is 2.92. The number of aromatic nitrogens is 2. The van der Waals surface area contributed by atoms with Gasteiger partial charge in [0.2, 0.25) is 0 Å². The Morgan fingerprint density at radius 2 is 1.90 bits per heavy atom. The number of aryl methyl sites for hydroxylation is 2. The van der Waals surface area contributed by atoms with Crippen LogP contribution in [0.2, 0.25) is 0 Å². The van der Waals surface area contributed by atoms with Gasteiger partial charge in [0.1, 0.15) is 18.0 Å². The molecule has 2 N–H and O–H groups in total. The van der Waals surface area contributed by atoms with Gasteiger partial charge in [-0.05, 0) is 25.5 Å². The SMILES string of the molecule is COCCNc1cc(Nc2ccc(C)cc2C)ncn1. The topological polar surface area (TPSA) is 59.1 Å². The lowest BCUT2D eigenvalue weighted by molar-refractivity contribution is 0.210. The van der Waals surface area contributed by atoms with Crippen molar-refractivity contribution >= 4 is 17.3 Å². The van der Waals surface area contributed by atoms with Gasteiger partial charge in [0.25, 0.3) is 0 Å². The van der Waals surface area contributed by atoms with Crippen molar-refractivity contribution in [2.24, 2.45) is 0 Å². The molecule has 5 nitrogen and oxygen atoms in total. The minimum absolute atomic E-state index is 0.643. The molecule has 0 saturated heterocycles. The van der Waals surface area contributed by atoms with Gasteiger partial charge in [-0.25, -0.2) is 9.97 Å². The van der Waals surface area contributed by atoms with Gasteiger partial charge < -0.3 is 15.4 Å². The second kappa shape index (κ2) is 6.86. The molecule has 1 heterocycles. The molecule has 0 amide bonds. The Kier molecular flexibility index (Phi) is 4.90. The van der Waals surface area contributed by atoms with Crippen molar-refractivity contribution < 1.29 is 4.74 Å². The number of benzene rings is 1. The largest absolute Gasteiger partial charge is 0.383 e. The molecule has 0 aliphatic carbocycles. The predicted molar refractivity (Wildman–Crippen MR) is 81.6 cm³/mol. The lowest BCUT2D eigenvalue weighted by atomic mass is 10.1. The average Bonchev–Trinajstić information content (AvgIpc) is 2.43.